The molecule has 0 spiro atoms. The molecule has 1 heterocycles. The summed E-state index contributed by atoms with van der Waals surface area (Å²) in [5.41, 5.74) is 3.16. The minimum atomic E-state index is -0.860. The maximum atomic E-state index is 11.3. The molecular weight excluding hydrogens is 270 g/mol. The Hall–Kier alpha value is -1.68. The largest absolute Gasteiger partial charge is 0.477 e. The lowest BCUT2D eigenvalue weighted by atomic mass is 10.0. The Morgan fingerprint density at radius 1 is 1.40 bits per heavy atom. The summed E-state index contributed by atoms with van der Waals surface area (Å²) >= 11 is 1.31. The second-order valence-corrected chi connectivity index (χ2v) is 6.21. The number of hydrogen-bond donors (Lipinski definition) is 1. The van der Waals surface area contributed by atoms with E-state index in [9.17, 15) is 9.90 Å². The third kappa shape index (κ3) is 2.48. The van der Waals surface area contributed by atoms with Crippen molar-refractivity contribution in [3.05, 3.63) is 40.4 Å². The zero-order valence-corrected chi connectivity index (χ0v) is 12.2. The lowest BCUT2D eigenvalue weighted by Gasteiger charge is -2.04. The van der Waals surface area contributed by atoms with E-state index in [0.29, 0.717) is 10.8 Å². The van der Waals surface area contributed by atoms with Crippen LogP contribution < -0.4 is 0 Å². The highest BCUT2D eigenvalue weighted by Gasteiger charge is 2.27. The second kappa shape index (κ2) is 5.37. The summed E-state index contributed by atoms with van der Waals surface area (Å²) in [6.07, 6.45) is 4.10. The van der Waals surface area contributed by atoms with Gasteiger partial charge in [0.25, 0.3) is 0 Å². The first-order valence-electron chi connectivity index (χ1n) is 7.03. The minimum Gasteiger partial charge on any atom is -0.477 e. The van der Waals surface area contributed by atoms with Crippen LogP contribution in [-0.4, -0.2) is 16.1 Å². The van der Waals surface area contributed by atoms with Crippen LogP contribution in [0.15, 0.2) is 24.3 Å². The molecule has 1 aromatic carbocycles. The minimum absolute atomic E-state index is 0.396. The van der Waals surface area contributed by atoms with E-state index in [1.54, 1.807) is 0 Å². The normalized spacial score (nSPS) is 14.4. The molecule has 1 aliphatic rings. The number of carboxylic acids is 1. The van der Waals surface area contributed by atoms with Crippen molar-refractivity contribution in [3.63, 3.8) is 0 Å². The molecule has 104 valence electrons. The molecule has 1 fully saturated rings. The first-order valence-corrected chi connectivity index (χ1v) is 7.84. The molecule has 20 heavy (non-hydrogen) atoms. The highest BCUT2D eigenvalue weighted by atomic mass is 32.1. The Morgan fingerprint density at radius 2 is 2.15 bits per heavy atom. The van der Waals surface area contributed by atoms with Gasteiger partial charge >= 0.3 is 5.97 Å². The van der Waals surface area contributed by atoms with Crippen molar-refractivity contribution in [1.29, 1.82) is 0 Å². The van der Waals surface area contributed by atoms with Gasteiger partial charge in [-0.05, 0) is 30.7 Å². The fourth-order valence-electron chi connectivity index (χ4n) is 2.48. The van der Waals surface area contributed by atoms with Gasteiger partial charge in [0.15, 0.2) is 0 Å². The maximum Gasteiger partial charge on any atom is 0.347 e. The van der Waals surface area contributed by atoms with Gasteiger partial charge < -0.3 is 5.11 Å². The maximum absolute atomic E-state index is 11.3. The topological polar surface area (TPSA) is 50.2 Å². The molecule has 3 nitrogen and oxygen atoms in total. The molecular formula is C16H17NO2S. The highest BCUT2D eigenvalue weighted by molar-refractivity contribution is 7.17. The molecule has 0 amide bonds. The van der Waals surface area contributed by atoms with Crippen molar-refractivity contribution < 1.29 is 9.90 Å². The Labute approximate surface area is 122 Å². The summed E-state index contributed by atoms with van der Waals surface area (Å²) in [4.78, 5) is 16.3. The fourth-order valence-corrected chi connectivity index (χ4v) is 3.48. The van der Waals surface area contributed by atoms with E-state index < -0.39 is 5.97 Å². The molecule has 2 aromatic rings. The Bertz CT molecular complexity index is 644. The predicted octanol–water partition coefficient (Wildman–Crippen LogP) is 4.34. The van der Waals surface area contributed by atoms with Gasteiger partial charge in [-0.2, -0.15) is 0 Å². The highest BCUT2D eigenvalue weighted by Crippen LogP contribution is 2.45. The molecule has 0 atom stereocenters. The van der Waals surface area contributed by atoms with Crippen LogP contribution in [0, 0.1) is 0 Å². The van der Waals surface area contributed by atoms with Crippen LogP contribution in [-0.2, 0) is 6.42 Å². The zero-order chi connectivity index (χ0) is 14.1. The molecule has 0 radical (unpaired) electrons. The molecule has 1 aromatic heterocycles. The Morgan fingerprint density at radius 3 is 2.80 bits per heavy atom. The van der Waals surface area contributed by atoms with E-state index in [0.717, 1.165) is 29.1 Å². The van der Waals surface area contributed by atoms with Crippen LogP contribution in [0.4, 0.5) is 0 Å². The van der Waals surface area contributed by atoms with E-state index in [-0.39, 0.29) is 0 Å². The average Bonchev–Trinajstić information content (AvgIpc) is 3.20. The van der Waals surface area contributed by atoms with Gasteiger partial charge in [-0.25, -0.2) is 9.78 Å². The summed E-state index contributed by atoms with van der Waals surface area (Å²) in [5, 5.41) is 10.2. The lowest BCUT2D eigenvalue weighted by molar-refractivity contribution is 0.0700. The number of carbonyl (C=O) groups is 1. The molecule has 1 aliphatic carbocycles. The van der Waals surface area contributed by atoms with Crippen LogP contribution in [0.3, 0.4) is 0 Å². The van der Waals surface area contributed by atoms with Gasteiger partial charge in [0, 0.05) is 5.56 Å². The first kappa shape index (κ1) is 13.3. The van der Waals surface area contributed by atoms with Crippen molar-refractivity contribution in [3.8, 4) is 10.6 Å². The molecule has 1 N–H and O–H groups in total. The smallest absolute Gasteiger partial charge is 0.347 e. The monoisotopic (exact) mass is 287 g/mol. The van der Waals surface area contributed by atoms with Crippen molar-refractivity contribution in [1.82, 2.24) is 4.98 Å². The summed E-state index contributed by atoms with van der Waals surface area (Å²) in [7, 11) is 0. The van der Waals surface area contributed by atoms with E-state index in [4.69, 9.17) is 0 Å². The van der Waals surface area contributed by atoms with Gasteiger partial charge in [0.2, 0.25) is 0 Å². The molecule has 0 unspecified atom stereocenters. The van der Waals surface area contributed by atoms with Gasteiger partial charge in [0.1, 0.15) is 9.88 Å². The van der Waals surface area contributed by atoms with Crippen molar-refractivity contribution in [2.45, 2.75) is 38.5 Å². The van der Waals surface area contributed by atoms with Crippen LogP contribution in [0.25, 0.3) is 10.6 Å². The third-order valence-corrected chi connectivity index (χ3v) is 4.71. The van der Waals surface area contributed by atoms with Gasteiger partial charge in [-0.3, -0.25) is 0 Å². The third-order valence-electron chi connectivity index (χ3n) is 3.59. The summed E-state index contributed by atoms with van der Waals surface area (Å²) in [5.74, 6) is -0.223. The predicted molar refractivity (Wildman–Crippen MR) is 80.5 cm³/mol. The van der Waals surface area contributed by atoms with Crippen LogP contribution >= 0.6 is 11.3 Å². The number of carboxylic acid groups (broad SMARTS) is 1. The first-order chi connectivity index (χ1) is 9.70. The van der Waals surface area contributed by atoms with E-state index in [1.165, 1.54) is 29.7 Å². The molecule has 1 saturated carbocycles. The second-order valence-electron chi connectivity index (χ2n) is 5.21. The van der Waals surface area contributed by atoms with E-state index in [2.05, 4.69) is 23.2 Å². The van der Waals surface area contributed by atoms with Crippen molar-refractivity contribution in [2.75, 3.05) is 0 Å². The Balaban J connectivity index is 2.06. The molecule has 3 rings (SSSR count). The Kier molecular flexibility index (Phi) is 3.57. The molecule has 0 bridgehead atoms. The number of nitrogens with zero attached hydrogens (tertiary/aromatic N) is 1. The molecule has 4 heteroatoms. The van der Waals surface area contributed by atoms with Gasteiger partial charge in [-0.1, -0.05) is 37.6 Å². The molecule has 0 saturated heterocycles. The number of rotatable bonds is 5. The fraction of sp³-hybridized carbons (Fsp3) is 0.375. The summed E-state index contributed by atoms with van der Waals surface area (Å²) < 4.78 is 0. The van der Waals surface area contributed by atoms with Crippen LogP contribution in [0.5, 0.6) is 0 Å². The number of thiazole rings is 1. The number of benzene rings is 1. The van der Waals surface area contributed by atoms with E-state index in [1.807, 2.05) is 13.0 Å². The number of hydrogen-bond acceptors (Lipinski definition) is 3. The SMILES string of the molecule is CCCc1nc(-c2ccccc2C2CC2)sc1C(=O)O. The number of aromatic carboxylic acids is 1. The lowest BCUT2D eigenvalue weighted by Crippen LogP contribution is -1.98. The number of aryl methyl sites for hydroxylation is 1. The molecule has 0 aliphatic heterocycles. The summed E-state index contributed by atoms with van der Waals surface area (Å²) in [6.45, 7) is 2.04. The van der Waals surface area contributed by atoms with Crippen molar-refractivity contribution in [2.24, 2.45) is 0 Å². The zero-order valence-electron chi connectivity index (χ0n) is 11.4. The van der Waals surface area contributed by atoms with Crippen LogP contribution in [0.2, 0.25) is 0 Å². The van der Waals surface area contributed by atoms with Gasteiger partial charge in [-0.15, -0.1) is 11.3 Å². The van der Waals surface area contributed by atoms with E-state index >= 15 is 0 Å². The average molecular weight is 287 g/mol. The van der Waals surface area contributed by atoms with Gasteiger partial charge in [0.05, 0.1) is 5.69 Å². The van der Waals surface area contributed by atoms with Crippen molar-refractivity contribution >= 4 is 17.3 Å². The quantitative estimate of drug-likeness (QED) is 0.890. The summed E-state index contributed by atoms with van der Waals surface area (Å²) in [6, 6.07) is 8.26. The van der Waals surface area contributed by atoms with Crippen LogP contribution in [0.1, 0.15) is 53.0 Å². The standard InChI is InChI=1S/C16H17NO2S/c1-2-5-13-14(16(18)19)20-15(17-13)12-7-4-3-6-11(12)10-8-9-10/h3-4,6-7,10H,2,5,8-9H2,1H3,(H,18,19). The number of aromatic nitrogens is 1.